The second-order valence-corrected chi connectivity index (χ2v) is 8.21. The Balaban J connectivity index is 1.51. The molecule has 2 heterocycles. The van der Waals surface area contributed by atoms with E-state index in [0.29, 0.717) is 19.0 Å². The van der Waals surface area contributed by atoms with Crippen LogP contribution < -0.4 is 10.6 Å². The SMILES string of the molecule is CN=C(NCCCOCC1CCOCC1)NC1CN(C(=O)OC(C)(C)C)C1. The number of likely N-dealkylation sites (tertiary alicyclic amines) is 1. The van der Waals surface area contributed by atoms with E-state index in [2.05, 4.69) is 15.6 Å². The first-order valence-corrected chi connectivity index (χ1v) is 9.98. The van der Waals surface area contributed by atoms with Crippen molar-refractivity contribution >= 4 is 12.1 Å². The summed E-state index contributed by atoms with van der Waals surface area (Å²) in [5, 5.41) is 6.62. The number of carbonyl (C=O) groups excluding carboxylic acids is 1. The third kappa shape index (κ3) is 8.34. The number of aliphatic imine (C=N–C) groups is 1. The van der Waals surface area contributed by atoms with Crippen LogP contribution in [-0.4, -0.2) is 81.7 Å². The molecule has 1 amide bonds. The van der Waals surface area contributed by atoms with Crippen molar-refractivity contribution in [3.05, 3.63) is 0 Å². The summed E-state index contributed by atoms with van der Waals surface area (Å²) < 4.78 is 16.5. The summed E-state index contributed by atoms with van der Waals surface area (Å²) in [4.78, 5) is 17.9. The summed E-state index contributed by atoms with van der Waals surface area (Å²) in [6.45, 7) is 11.0. The third-order valence-electron chi connectivity index (χ3n) is 4.55. The lowest BCUT2D eigenvalue weighted by molar-refractivity contribution is 0.00700. The van der Waals surface area contributed by atoms with Crippen molar-refractivity contribution in [1.29, 1.82) is 0 Å². The average Bonchev–Trinajstić information content (AvgIpc) is 2.58. The molecule has 2 rings (SSSR count). The molecule has 2 N–H and O–H groups in total. The van der Waals surface area contributed by atoms with Crippen molar-refractivity contribution in [2.75, 3.05) is 53.1 Å². The molecule has 8 nitrogen and oxygen atoms in total. The van der Waals surface area contributed by atoms with Crippen molar-refractivity contribution in [1.82, 2.24) is 15.5 Å². The van der Waals surface area contributed by atoms with Gasteiger partial charge in [0.05, 0.1) is 6.04 Å². The molecule has 156 valence electrons. The fourth-order valence-corrected chi connectivity index (χ4v) is 2.98. The number of ether oxygens (including phenoxy) is 3. The molecule has 2 aliphatic rings. The van der Waals surface area contributed by atoms with Crippen LogP contribution in [-0.2, 0) is 14.2 Å². The molecular formula is C19H36N4O4. The second kappa shape index (κ2) is 10.7. The lowest BCUT2D eigenvalue weighted by Gasteiger charge is -2.40. The van der Waals surface area contributed by atoms with Crippen LogP contribution >= 0.6 is 0 Å². The molecule has 2 aliphatic heterocycles. The predicted molar refractivity (Wildman–Crippen MR) is 105 cm³/mol. The number of rotatable bonds is 7. The number of nitrogens with zero attached hydrogens (tertiary/aromatic N) is 2. The van der Waals surface area contributed by atoms with Crippen LogP contribution in [0.4, 0.5) is 4.79 Å². The Kier molecular flexibility index (Phi) is 8.63. The van der Waals surface area contributed by atoms with Crippen LogP contribution in [0.3, 0.4) is 0 Å². The van der Waals surface area contributed by atoms with Crippen molar-refractivity contribution < 1.29 is 19.0 Å². The average molecular weight is 385 g/mol. The molecule has 0 aromatic rings. The molecule has 0 bridgehead atoms. The summed E-state index contributed by atoms with van der Waals surface area (Å²) in [5.41, 5.74) is -0.458. The highest BCUT2D eigenvalue weighted by Crippen LogP contribution is 2.15. The van der Waals surface area contributed by atoms with E-state index < -0.39 is 5.60 Å². The van der Waals surface area contributed by atoms with Gasteiger partial charge < -0.3 is 29.7 Å². The first-order chi connectivity index (χ1) is 12.9. The molecule has 0 aromatic heterocycles. The van der Waals surface area contributed by atoms with Gasteiger partial charge in [-0.3, -0.25) is 4.99 Å². The maximum absolute atomic E-state index is 11.9. The molecule has 2 saturated heterocycles. The van der Waals surface area contributed by atoms with Gasteiger partial charge in [-0.2, -0.15) is 0 Å². The topological polar surface area (TPSA) is 84.4 Å². The van der Waals surface area contributed by atoms with E-state index in [-0.39, 0.29) is 12.1 Å². The minimum Gasteiger partial charge on any atom is -0.444 e. The summed E-state index contributed by atoms with van der Waals surface area (Å²) in [6, 6.07) is 0.202. The second-order valence-electron chi connectivity index (χ2n) is 8.21. The molecule has 0 aliphatic carbocycles. The number of nitrogens with one attached hydrogen (secondary N) is 2. The minimum atomic E-state index is -0.458. The van der Waals surface area contributed by atoms with E-state index in [1.807, 2.05) is 20.8 Å². The Morgan fingerprint density at radius 1 is 1.26 bits per heavy atom. The number of hydrogen-bond donors (Lipinski definition) is 2. The zero-order chi connectivity index (χ0) is 19.7. The Labute approximate surface area is 163 Å². The first-order valence-electron chi connectivity index (χ1n) is 9.98. The van der Waals surface area contributed by atoms with Gasteiger partial charge in [0.25, 0.3) is 0 Å². The quantitative estimate of drug-likeness (QED) is 0.394. The van der Waals surface area contributed by atoms with Crippen LogP contribution in [0.2, 0.25) is 0 Å². The Bertz CT molecular complexity index is 481. The fourth-order valence-electron chi connectivity index (χ4n) is 2.98. The number of carbonyl (C=O) groups is 1. The van der Waals surface area contributed by atoms with E-state index in [4.69, 9.17) is 14.2 Å². The van der Waals surface area contributed by atoms with Crippen LogP contribution in [0.1, 0.15) is 40.0 Å². The van der Waals surface area contributed by atoms with E-state index in [1.54, 1.807) is 11.9 Å². The molecule has 0 unspecified atom stereocenters. The molecule has 8 heteroatoms. The normalized spacial score (nSPS) is 19.6. The van der Waals surface area contributed by atoms with Gasteiger partial charge in [0.2, 0.25) is 0 Å². The van der Waals surface area contributed by atoms with Crippen LogP contribution in [0.25, 0.3) is 0 Å². The van der Waals surface area contributed by atoms with Gasteiger partial charge >= 0.3 is 6.09 Å². The molecule has 27 heavy (non-hydrogen) atoms. The van der Waals surface area contributed by atoms with E-state index in [9.17, 15) is 4.79 Å². The zero-order valence-electron chi connectivity index (χ0n) is 17.3. The highest BCUT2D eigenvalue weighted by atomic mass is 16.6. The predicted octanol–water partition coefficient (Wildman–Crippen LogP) is 1.60. The van der Waals surface area contributed by atoms with Crippen LogP contribution in [0.5, 0.6) is 0 Å². The van der Waals surface area contributed by atoms with E-state index >= 15 is 0 Å². The smallest absolute Gasteiger partial charge is 0.410 e. The summed E-state index contributed by atoms with van der Waals surface area (Å²) in [7, 11) is 1.75. The van der Waals surface area contributed by atoms with Crippen LogP contribution in [0.15, 0.2) is 4.99 Å². The van der Waals surface area contributed by atoms with E-state index in [1.165, 1.54) is 0 Å². The van der Waals surface area contributed by atoms with Crippen molar-refractivity contribution in [2.45, 2.75) is 51.7 Å². The zero-order valence-corrected chi connectivity index (χ0v) is 17.3. The van der Waals surface area contributed by atoms with Gasteiger partial charge in [-0.25, -0.2) is 4.79 Å². The first kappa shape index (κ1) is 21.8. The van der Waals surface area contributed by atoms with Gasteiger partial charge in [-0.1, -0.05) is 0 Å². The lowest BCUT2D eigenvalue weighted by atomic mass is 10.0. The highest BCUT2D eigenvalue weighted by Gasteiger charge is 2.34. The van der Waals surface area contributed by atoms with E-state index in [0.717, 1.165) is 58.2 Å². The Hall–Kier alpha value is -1.54. The molecule has 0 radical (unpaired) electrons. The number of amides is 1. The number of hydrogen-bond acceptors (Lipinski definition) is 5. The van der Waals surface area contributed by atoms with Crippen molar-refractivity contribution in [3.8, 4) is 0 Å². The summed E-state index contributed by atoms with van der Waals surface area (Å²) in [5.74, 6) is 1.40. The van der Waals surface area contributed by atoms with Crippen LogP contribution in [0, 0.1) is 5.92 Å². The molecule has 0 aromatic carbocycles. The Morgan fingerprint density at radius 3 is 2.59 bits per heavy atom. The molecule has 2 fully saturated rings. The highest BCUT2D eigenvalue weighted by molar-refractivity contribution is 5.80. The minimum absolute atomic E-state index is 0.202. The standard InChI is InChI=1S/C19H36N4O4/c1-19(2,3)27-18(24)23-12-16(13-23)22-17(20-4)21-8-5-9-26-14-15-6-10-25-11-7-15/h15-16H,5-14H2,1-4H3,(H2,20,21,22). The Morgan fingerprint density at radius 2 is 1.96 bits per heavy atom. The van der Waals surface area contributed by atoms with Crippen molar-refractivity contribution in [2.24, 2.45) is 10.9 Å². The van der Waals surface area contributed by atoms with Gasteiger partial charge in [0.15, 0.2) is 5.96 Å². The molecule has 0 spiro atoms. The molecular weight excluding hydrogens is 348 g/mol. The largest absolute Gasteiger partial charge is 0.444 e. The summed E-state index contributed by atoms with van der Waals surface area (Å²) >= 11 is 0. The maximum Gasteiger partial charge on any atom is 0.410 e. The molecule has 0 saturated carbocycles. The van der Waals surface area contributed by atoms with Gasteiger partial charge in [-0.05, 0) is 46.0 Å². The maximum atomic E-state index is 11.9. The monoisotopic (exact) mass is 384 g/mol. The fraction of sp³-hybridized carbons (Fsp3) is 0.895. The third-order valence-corrected chi connectivity index (χ3v) is 4.55. The van der Waals surface area contributed by atoms with Gasteiger partial charge in [-0.15, -0.1) is 0 Å². The van der Waals surface area contributed by atoms with Crippen molar-refractivity contribution in [3.63, 3.8) is 0 Å². The lowest BCUT2D eigenvalue weighted by Crippen LogP contribution is -2.63. The number of guanidine groups is 1. The molecule has 0 atom stereocenters. The van der Waals surface area contributed by atoms with Gasteiger partial charge in [0, 0.05) is 53.1 Å². The van der Waals surface area contributed by atoms with Gasteiger partial charge in [0.1, 0.15) is 5.60 Å². The summed E-state index contributed by atoms with van der Waals surface area (Å²) in [6.07, 6.45) is 2.89.